The van der Waals surface area contributed by atoms with Crippen molar-refractivity contribution < 1.29 is 47.6 Å². The SMILES string of the molecule is CCCCCCOc1ccc([C@@H](O)[C@@H](CN2CC[C@H](O)C2)NC(=O)CCOc2ccc(Cl)cc2)cc1.O=C(O)C(F)(F)F. The summed E-state index contributed by atoms with van der Waals surface area (Å²) in [6.07, 6.45) is -0.934. The number of aliphatic carboxylic acids is 1. The van der Waals surface area contributed by atoms with Crippen molar-refractivity contribution in [1.82, 2.24) is 10.2 Å². The number of unbranched alkanes of at least 4 members (excludes halogenated alkanes) is 3. The summed E-state index contributed by atoms with van der Waals surface area (Å²) in [5.74, 6) is -1.56. The molecule has 1 aliphatic rings. The Bertz CT molecular complexity index is 1100. The van der Waals surface area contributed by atoms with E-state index in [1.54, 1.807) is 24.3 Å². The molecule has 0 radical (unpaired) electrons. The lowest BCUT2D eigenvalue weighted by Crippen LogP contribution is -2.47. The van der Waals surface area contributed by atoms with E-state index in [1.165, 1.54) is 12.8 Å². The number of carbonyl (C=O) groups excluding carboxylic acids is 1. The standard InChI is InChI=1S/C28H39ClN2O5.C2HF3O2/c1-2-3-4-5-17-35-24-10-6-21(7-11-24)28(34)26(20-31-16-14-23(32)19-31)30-27(33)15-18-36-25-12-8-22(29)9-13-25;3-2(4,5)1(6)7/h6-13,23,26,28,32,34H,2-5,14-20H2,1H3,(H,30,33);(H,6,7)/t23-,26+,28+;/m0./s1. The molecule has 2 aromatic rings. The van der Waals surface area contributed by atoms with Gasteiger partial charge in [0.2, 0.25) is 5.91 Å². The van der Waals surface area contributed by atoms with Crippen LogP contribution in [0.5, 0.6) is 11.5 Å². The van der Waals surface area contributed by atoms with Crippen molar-refractivity contribution in [2.75, 3.05) is 32.8 Å². The summed E-state index contributed by atoms with van der Waals surface area (Å²) in [4.78, 5) is 23.7. The molecule has 13 heteroatoms. The lowest BCUT2D eigenvalue weighted by atomic mass is 10.0. The van der Waals surface area contributed by atoms with Crippen molar-refractivity contribution in [3.05, 3.63) is 59.1 Å². The van der Waals surface area contributed by atoms with E-state index in [-0.39, 0.29) is 25.0 Å². The van der Waals surface area contributed by atoms with Gasteiger partial charge in [-0.1, -0.05) is 49.9 Å². The van der Waals surface area contributed by atoms with Crippen molar-refractivity contribution in [3.8, 4) is 11.5 Å². The van der Waals surface area contributed by atoms with Crippen molar-refractivity contribution in [1.29, 1.82) is 0 Å². The maximum atomic E-state index is 12.7. The van der Waals surface area contributed by atoms with E-state index < -0.39 is 24.3 Å². The first-order valence-corrected chi connectivity index (χ1v) is 14.6. The van der Waals surface area contributed by atoms with Gasteiger partial charge in [-0.2, -0.15) is 13.2 Å². The molecule has 0 unspecified atom stereocenters. The van der Waals surface area contributed by atoms with E-state index in [9.17, 15) is 28.2 Å². The van der Waals surface area contributed by atoms with Gasteiger partial charge < -0.3 is 30.1 Å². The molecule has 3 atom stereocenters. The molecule has 43 heavy (non-hydrogen) atoms. The Hall–Kier alpha value is -3.06. The van der Waals surface area contributed by atoms with Crippen LogP contribution in [-0.2, 0) is 9.59 Å². The second kappa shape index (κ2) is 18.6. The van der Waals surface area contributed by atoms with Crippen molar-refractivity contribution in [3.63, 3.8) is 0 Å². The van der Waals surface area contributed by atoms with Crippen LogP contribution in [-0.4, -0.2) is 83.3 Å². The zero-order chi connectivity index (χ0) is 31.8. The van der Waals surface area contributed by atoms with E-state index in [4.69, 9.17) is 31.0 Å². The average Bonchev–Trinajstić information content (AvgIpc) is 3.37. The maximum absolute atomic E-state index is 12.7. The molecule has 1 fully saturated rings. The number of alkyl halides is 3. The van der Waals surface area contributed by atoms with Gasteiger partial charge in [0.15, 0.2) is 0 Å². The number of benzene rings is 2. The number of aliphatic hydroxyl groups is 2. The molecule has 1 amide bonds. The zero-order valence-electron chi connectivity index (χ0n) is 24.1. The summed E-state index contributed by atoms with van der Waals surface area (Å²) in [7, 11) is 0. The van der Waals surface area contributed by atoms with Gasteiger partial charge in [-0.05, 0) is 54.8 Å². The normalized spacial score (nSPS) is 16.5. The largest absolute Gasteiger partial charge is 0.494 e. The Balaban J connectivity index is 0.000000821. The van der Waals surface area contributed by atoms with Gasteiger partial charge in [0, 0.05) is 24.7 Å². The third-order valence-corrected chi connectivity index (χ3v) is 6.82. The monoisotopic (exact) mass is 632 g/mol. The van der Waals surface area contributed by atoms with Crippen LogP contribution >= 0.6 is 11.6 Å². The number of hydrogen-bond acceptors (Lipinski definition) is 7. The molecule has 240 valence electrons. The van der Waals surface area contributed by atoms with Gasteiger partial charge in [-0.25, -0.2) is 4.79 Å². The Morgan fingerprint density at radius 3 is 2.14 bits per heavy atom. The van der Waals surface area contributed by atoms with Gasteiger partial charge >= 0.3 is 12.1 Å². The number of halogens is 4. The number of amides is 1. The minimum absolute atomic E-state index is 0.152. The fraction of sp³-hybridized carbons (Fsp3) is 0.533. The van der Waals surface area contributed by atoms with Crippen LogP contribution in [0.25, 0.3) is 0 Å². The fourth-order valence-corrected chi connectivity index (χ4v) is 4.39. The third-order valence-electron chi connectivity index (χ3n) is 6.57. The number of carbonyl (C=O) groups is 2. The van der Waals surface area contributed by atoms with Crippen LogP contribution < -0.4 is 14.8 Å². The van der Waals surface area contributed by atoms with Crippen molar-refractivity contribution in [2.24, 2.45) is 0 Å². The molecule has 1 aliphatic heterocycles. The Kier molecular flexibility index (Phi) is 15.6. The number of carboxylic acid groups (broad SMARTS) is 1. The topological polar surface area (TPSA) is 129 Å². The molecule has 0 spiro atoms. The van der Waals surface area contributed by atoms with Crippen molar-refractivity contribution >= 4 is 23.5 Å². The number of β-amino-alcohol motifs (C(OH)–C–C–N with tert-alkyl or cyclic N) is 1. The van der Waals surface area contributed by atoms with Gasteiger partial charge in [-0.3, -0.25) is 9.69 Å². The predicted octanol–water partition coefficient (Wildman–Crippen LogP) is 4.99. The highest BCUT2D eigenvalue weighted by Gasteiger charge is 2.38. The van der Waals surface area contributed by atoms with E-state index in [1.807, 2.05) is 24.3 Å². The molecular formula is C30H40ClF3N2O7. The molecule has 3 rings (SSSR count). The first-order valence-electron chi connectivity index (χ1n) is 14.2. The smallest absolute Gasteiger partial charge is 0.490 e. The van der Waals surface area contributed by atoms with Crippen LogP contribution in [0.4, 0.5) is 13.2 Å². The van der Waals surface area contributed by atoms with E-state index >= 15 is 0 Å². The lowest BCUT2D eigenvalue weighted by molar-refractivity contribution is -0.192. The van der Waals surface area contributed by atoms with Crippen molar-refractivity contribution in [2.45, 2.75) is 69.9 Å². The number of carboxylic acids is 1. The molecule has 4 N–H and O–H groups in total. The summed E-state index contributed by atoms with van der Waals surface area (Å²) >= 11 is 5.89. The summed E-state index contributed by atoms with van der Waals surface area (Å²) in [5, 5.41) is 31.8. The van der Waals surface area contributed by atoms with Crippen LogP contribution in [0.1, 0.15) is 57.1 Å². The second-order valence-electron chi connectivity index (χ2n) is 10.2. The average molecular weight is 633 g/mol. The first kappa shape index (κ1) is 36.1. The molecule has 0 bridgehead atoms. The highest BCUT2D eigenvalue weighted by atomic mass is 35.5. The highest BCUT2D eigenvalue weighted by Crippen LogP contribution is 2.23. The minimum atomic E-state index is -5.08. The molecular weight excluding hydrogens is 593 g/mol. The molecule has 0 aliphatic carbocycles. The molecule has 9 nitrogen and oxygen atoms in total. The fourth-order valence-electron chi connectivity index (χ4n) is 4.26. The highest BCUT2D eigenvalue weighted by molar-refractivity contribution is 6.30. The Morgan fingerprint density at radius 1 is 1.02 bits per heavy atom. The maximum Gasteiger partial charge on any atom is 0.490 e. The van der Waals surface area contributed by atoms with Crippen LogP contribution in [0, 0.1) is 0 Å². The van der Waals surface area contributed by atoms with Crippen LogP contribution in [0.15, 0.2) is 48.5 Å². The van der Waals surface area contributed by atoms with Gasteiger partial charge in [-0.15, -0.1) is 0 Å². The summed E-state index contributed by atoms with van der Waals surface area (Å²) in [5.41, 5.74) is 0.704. The molecule has 1 heterocycles. The van der Waals surface area contributed by atoms with Crippen LogP contribution in [0.3, 0.4) is 0 Å². The third kappa shape index (κ3) is 14.3. The summed E-state index contributed by atoms with van der Waals surface area (Å²) in [6, 6.07) is 13.8. The molecule has 0 aromatic heterocycles. The first-order chi connectivity index (χ1) is 20.4. The van der Waals surface area contributed by atoms with Crippen LogP contribution in [0.2, 0.25) is 5.02 Å². The van der Waals surface area contributed by atoms with E-state index in [2.05, 4.69) is 17.1 Å². The Morgan fingerprint density at radius 2 is 1.60 bits per heavy atom. The minimum Gasteiger partial charge on any atom is -0.494 e. The number of nitrogens with one attached hydrogen (secondary N) is 1. The molecule has 1 saturated heterocycles. The zero-order valence-corrected chi connectivity index (χ0v) is 24.8. The molecule has 0 saturated carbocycles. The molecule has 2 aromatic carbocycles. The number of ether oxygens (including phenoxy) is 2. The number of likely N-dealkylation sites (tertiary alicyclic amines) is 1. The summed E-state index contributed by atoms with van der Waals surface area (Å²) in [6.45, 7) is 4.77. The number of aliphatic hydroxyl groups excluding tert-OH is 2. The van der Waals surface area contributed by atoms with E-state index in [0.29, 0.717) is 42.5 Å². The van der Waals surface area contributed by atoms with Gasteiger partial charge in [0.05, 0.1) is 31.8 Å². The number of nitrogens with zero attached hydrogens (tertiary/aromatic N) is 1. The summed E-state index contributed by atoms with van der Waals surface area (Å²) < 4.78 is 43.2. The number of rotatable bonds is 15. The quantitative estimate of drug-likeness (QED) is 0.202. The second-order valence-corrected chi connectivity index (χ2v) is 10.6. The van der Waals surface area contributed by atoms with E-state index in [0.717, 1.165) is 25.1 Å². The predicted molar refractivity (Wildman–Crippen MR) is 155 cm³/mol. The Labute approximate surface area is 254 Å². The lowest BCUT2D eigenvalue weighted by Gasteiger charge is -2.29. The number of hydrogen-bond donors (Lipinski definition) is 4. The van der Waals surface area contributed by atoms with Gasteiger partial charge in [0.25, 0.3) is 0 Å². The van der Waals surface area contributed by atoms with Gasteiger partial charge in [0.1, 0.15) is 17.6 Å².